The fourth-order valence-corrected chi connectivity index (χ4v) is 3.95. The van der Waals surface area contributed by atoms with Crippen LogP contribution in [0.2, 0.25) is 0 Å². The lowest BCUT2D eigenvalue weighted by molar-refractivity contribution is 0.314. The molecule has 1 heterocycles. The summed E-state index contributed by atoms with van der Waals surface area (Å²) in [6.07, 6.45) is 0.527. The molecule has 20 heavy (non-hydrogen) atoms. The van der Waals surface area contributed by atoms with Gasteiger partial charge in [0.15, 0.2) is 0 Å². The Balaban J connectivity index is 2.58. The molecule has 1 aliphatic heterocycles. The smallest absolute Gasteiger partial charge is 0.244 e. The van der Waals surface area contributed by atoms with E-state index in [-0.39, 0.29) is 23.7 Å². The van der Waals surface area contributed by atoms with Gasteiger partial charge in [-0.05, 0) is 18.6 Å². The van der Waals surface area contributed by atoms with Gasteiger partial charge in [-0.25, -0.2) is 8.42 Å². The molecule has 1 aliphatic rings. The monoisotopic (exact) mass is 318 g/mol. The maximum atomic E-state index is 12.5. The summed E-state index contributed by atoms with van der Waals surface area (Å²) in [7, 11) is -2.19. The van der Waals surface area contributed by atoms with Crippen molar-refractivity contribution < 1.29 is 18.4 Å². The standard InChI is InChI=1S/C12H15ClN2O4S/c1-19-10-4-2-5-11-12(10)9(14-16)8-15(7-3-6-13)20(11,17)18/h2,4-5,16H,3,6-8H2,1H3. The number of alkyl halides is 1. The second kappa shape index (κ2) is 5.99. The third kappa shape index (κ3) is 2.48. The van der Waals surface area contributed by atoms with Crippen LogP contribution in [-0.2, 0) is 10.0 Å². The second-order valence-corrected chi connectivity index (χ2v) is 6.55. The summed E-state index contributed by atoms with van der Waals surface area (Å²) in [6, 6.07) is 4.70. The number of fused-ring (bicyclic) bond motifs is 1. The highest BCUT2D eigenvalue weighted by atomic mass is 35.5. The van der Waals surface area contributed by atoms with Crippen LogP contribution in [-0.4, -0.2) is 49.7 Å². The van der Waals surface area contributed by atoms with E-state index in [0.29, 0.717) is 23.6 Å². The molecule has 0 unspecified atom stereocenters. The molecule has 1 aromatic rings. The fraction of sp³-hybridized carbons (Fsp3) is 0.417. The van der Waals surface area contributed by atoms with Gasteiger partial charge in [0.25, 0.3) is 0 Å². The minimum Gasteiger partial charge on any atom is -0.496 e. The highest BCUT2D eigenvalue weighted by molar-refractivity contribution is 7.89. The number of sulfonamides is 1. The van der Waals surface area contributed by atoms with E-state index in [1.807, 2.05) is 0 Å². The zero-order valence-corrected chi connectivity index (χ0v) is 12.5. The van der Waals surface area contributed by atoms with Crippen LogP contribution in [0.15, 0.2) is 28.3 Å². The number of oxime groups is 1. The molecule has 0 atom stereocenters. The summed E-state index contributed by atoms with van der Waals surface area (Å²) in [4.78, 5) is 0.0884. The van der Waals surface area contributed by atoms with Gasteiger partial charge in [0.1, 0.15) is 11.5 Å². The van der Waals surface area contributed by atoms with Gasteiger partial charge in [-0.15, -0.1) is 11.6 Å². The van der Waals surface area contributed by atoms with Gasteiger partial charge in [0, 0.05) is 12.4 Å². The van der Waals surface area contributed by atoms with Gasteiger partial charge in [-0.1, -0.05) is 11.2 Å². The maximum Gasteiger partial charge on any atom is 0.244 e. The molecule has 0 radical (unpaired) electrons. The van der Waals surface area contributed by atoms with E-state index in [4.69, 9.17) is 21.5 Å². The number of methoxy groups -OCH3 is 1. The first-order valence-electron chi connectivity index (χ1n) is 6.00. The van der Waals surface area contributed by atoms with E-state index in [1.165, 1.54) is 17.5 Å². The SMILES string of the molecule is COc1cccc2c1C(=NO)CN(CCCCl)S2(=O)=O. The van der Waals surface area contributed by atoms with Crippen molar-refractivity contribution in [3.05, 3.63) is 23.8 Å². The highest BCUT2D eigenvalue weighted by Gasteiger charge is 2.36. The van der Waals surface area contributed by atoms with Crippen LogP contribution in [0.4, 0.5) is 0 Å². The lowest BCUT2D eigenvalue weighted by atomic mass is 10.1. The Morgan fingerprint density at radius 1 is 1.50 bits per heavy atom. The number of halogens is 1. The van der Waals surface area contributed by atoms with Crippen molar-refractivity contribution in [3.8, 4) is 5.75 Å². The number of hydrogen-bond donors (Lipinski definition) is 1. The summed E-state index contributed by atoms with van der Waals surface area (Å²) >= 11 is 5.61. The first kappa shape index (κ1) is 15.1. The number of nitrogens with zero attached hydrogens (tertiary/aromatic N) is 2. The van der Waals surface area contributed by atoms with Crippen LogP contribution in [0.3, 0.4) is 0 Å². The zero-order valence-electron chi connectivity index (χ0n) is 10.9. The lowest BCUT2D eigenvalue weighted by Crippen LogP contribution is -2.42. The van der Waals surface area contributed by atoms with Crippen LogP contribution >= 0.6 is 11.6 Å². The Hall–Kier alpha value is -1.31. The zero-order chi connectivity index (χ0) is 14.8. The molecule has 6 nitrogen and oxygen atoms in total. The van der Waals surface area contributed by atoms with Crippen LogP contribution in [0.25, 0.3) is 0 Å². The van der Waals surface area contributed by atoms with Crippen LogP contribution < -0.4 is 4.74 Å². The normalized spacial score (nSPS) is 19.8. The van der Waals surface area contributed by atoms with E-state index in [1.54, 1.807) is 12.1 Å². The molecule has 0 aliphatic carbocycles. The second-order valence-electron chi connectivity index (χ2n) is 4.26. The third-order valence-electron chi connectivity index (χ3n) is 3.10. The van der Waals surface area contributed by atoms with Crippen molar-refractivity contribution in [2.24, 2.45) is 5.16 Å². The summed E-state index contributed by atoms with van der Waals surface area (Å²) in [5.74, 6) is 0.735. The Bertz CT molecular complexity index is 630. The molecule has 1 N–H and O–H groups in total. The lowest BCUT2D eigenvalue weighted by Gasteiger charge is -2.29. The number of benzene rings is 1. The summed E-state index contributed by atoms with van der Waals surface area (Å²) < 4.78 is 31.5. The third-order valence-corrected chi connectivity index (χ3v) is 5.26. The van der Waals surface area contributed by atoms with Gasteiger partial charge in [-0.3, -0.25) is 0 Å². The fourth-order valence-electron chi connectivity index (χ4n) is 2.17. The average molecular weight is 319 g/mol. The molecule has 0 bridgehead atoms. The molecule has 0 amide bonds. The summed E-state index contributed by atoms with van der Waals surface area (Å²) in [6.45, 7) is 0.282. The molecule has 0 spiro atoms. The number of hydrogen-bond acceptors (Lipinski definition) is 5. The molecule has 8 heteroatoms. The first-order valence-corrected chi connectivity index (χ1v) is 7.98. The minimum atomic E-state index is -3.63. The molecule has 1 aromatic carbocycles. The topological polar surface area (TPSA) is 79.2 Å². The molecular weight excluding hydrogens is 304 g/mol. The predicted octanol–water partition coefficient (Wildman–Crippen LogP) is 1.51. The number of ether oxygens (including phenoxy) is 1. The average Bonchev–Trinajstić information content (AvgIpc) is 2.46. The van der Waals surface area contributed by atoms with E-state index >= 15 is 0 Å². The molecule has 0 saturated heterocycles. The van der Waals surface area contributed by atoms with Crippen molar-refractivity contribution in [3.63, 3.8) is 0 Å². The molecule has 2 rings (SSSR count). The largest absolute Gasteiger partial charge is 0.496 e. The van der Waals surface area contributed by atoms with Crippen molar-refractivity contribution in [1.29, 1.82) is 0 Å². The molecule has 0 aromatic heterocycles. The molecule has 110 valence electrons. The highest BCUT2D eigenvalue weighted by Crippen LogP contribution is 2.33. The summed E-state index contributed by atoms with van der Waals surface area (Å²) in [5, 5.41) is 12.4. The number of rotatable bonds is 4. The molecular formula is C12H15ClN2O4S. The summed E-state index contributed by atoms with van der Waals surface area (Å²) in [5.41, 5.74) is 0.585. The predicted molar refractivity (Wildman–Crippen MR) is 75.4 cm³/mol. The molecule has 0 fully saturated rings. The Morgan fingerprint density at radius 3 is 2.85 bits per heavy atom. The van der Waals surface area contributed by atoms with E-state index in [0.717, 1.165) is 0 Å². The van der Waals surface area contributed by atoms with Gasteiger partial charge < -0.3 is 9.94 Å². The Labute approximate surface area is 122 Å². The first-order chi connectivity index (χ1) is 9.56. The van der Waals surface area contributed by atoms with Gasteiger partial charge in [0.2, 0.25) is 10.0 Å². The van der Waals surface area contributed by atoms with Gasteiger partial charge in [-0.2, -0.15) is 4.31 Å². The van der Waals surface area contributed by atoms with Crippen LogP contribution in [0.5, 0.6) is 5.75 Å². The van der Waals surface area contributed by atoms with Gasteiger partial charge in [0.05, 0.1) is 24.1 Å². The van der Waals surface area contributed by atoms with Crippen molar-refractivity contribution >= 4 is 27.3 Å². The maximum absolute atomic E-state index is 12.5. The van der Waals surface area contributed by atoms with E-state index in [9.17, 15) is 8.42 Å². The minimum absolute atomic E-state index is 0.00307. The van der Waals surface area contributed by atoms with E-state index in [2.05, 4.69) is 5.16 Å². The van der Waals surface area contributed by atoms with E-state index < -0.39 is 10.0 Å². The van der Waals surface area contributed by atoms with Crippen LogP contribution in [0, 0.1) is 0 Å². The van der Waals surface area contributed by atoms with Crippen molar-refractivity contribution in [2.75, 3.05) is 26.1 Å². The van der Waals surface area contributed by atoms with Crippen molar-refractivity contribution in [1.82, 2.24) is 4.31 Å². The Morgan fingerprint density at radius 2 is 2.25 bits per heavy atom. The van der Waals surface area contributed by atoms with Crippen LogP contribution in [0.1, 0.15) is 12.0 Å². The van der Waals surface area contributed by atoms with Crippen molar-refractivity contribution in [2.45, 2.75) is 11.3 Å². The quantitative estimate of drug-likeness (QED) is 0.518. The van der Waals surface area contributed by atoms with Gasteiger partial charge >= 0.3 is 0 Å². The molecule has 0 saturated carbocycles. The Kier molecular flexibility index (Phi) is 4.52.